The van der Waals surface area contributed by atoms with E-state index in [4.69, 9.17) is 11.6 Å². The molecule has 0 aliphatic rings. The molecule has 3 aromatic heterocycles. The Morgan fingerprint density at radius 2 is 2.06 bits per heavy atom. The van der Waals surface area contributed by atoms with E-state index >= 15 is 0 Å². The molecule has 0 aliphatic heterocycles. The van der Waals surface area contributed by atoms with E-state index in [2.05, 4.69) is 32.1 Å². The van der Waals surface area contributed by atoms with E-state index < -0.39 is 0 Å². The average molecular weight is 525 g/mol. The fourth-order valence-electron chi connectivity index (χ4n) is 3.62. The highest BCUT2D eigenvalue weighted by Gasteiger charge is 2.16. The van der Waals surface area contributed by atoms with E-state index in [9.17, 15) is 9.18 Å². The van der Waals surface area contributed by atoms with E-state index in [1.54, 1.807) is 24.4 Å². The van der Waals surface area contributed by atoms with Gasteiger partial charge in [0, 0.05) is 34.4 Å². The summed E-state index contributed by atoms with van der Waals surface area (Å²) in [6.07, 6.45) is 4.11. The monoisotopic (exact) mass is 524 g/mol. The molecule has 1 amide bonds. The van der Waals surface area contributed by atoms with Gasteiger partial charge >= 0.3 is 0 Å². The van der Waals surface area contributed by atoms with E-state index in [1.165, 1.54) is 35.2 Å². The number of carbonyl (C=O) groups excluding carboxylic acids is 1. The van der Waals surface area contributed by atoms with Crippen molar-refractivity contribution >= 4 is 67.8 Å². The third-order valence-electron chi connectivity index (χ3n) is 5.14. The van der Waals surface area contributed by atoms with Crippen LogP contribution in [0.4, 0.5) is 9.52 Å². The maximum atomic E-state index is 13.1. The van der Waals surface area contributed by atoms with Crippen molar-refractivity contribution in [3.05, 3.63) is 82.6 Å². The molecule has 7 nitrogen and oxygen atoms in total. The van der Waals surface area contributed by atoms with Crippen LogP contribution in [0.3, 0.4) is 0 Å². The third kappa shape index (κ3) is 5.19. The van der Waals surface area contributed by atoms with Crippen molar-refractivity contribution < 1.29 is 9.18 Å². The number of thioether (sulfide) groups is 1. The van der Waals surface area contributed by atoms with Crippen molar-refractivity contribution in [3.63, 3.8) is 0 Å². The molecule has 0 fully saturated rings. The van der Waals surface area contributed by atoms with E-state index in [-0.39, 0.29) is 17.5 Å². The molecule has 11 heteroatoms. The summed E-state index contributed by atoms with van der Waals surface area (Å²) in [4.78, 5) is 22.4. The Bertz CT molecular complexity index is 1550. The highest BCUT2D eigenvalue weighted by atomic mass is 35.5. The number of aromatic nitrogens is 5. The lowest BCUT2D eigenvalue weighted by molar-refractivity contribution is -0.113. The van der Waals surface area contributed by atoms with Gasteiger partial charge < -0.3 is 9.88 Å². The molecular weight excluding hydrogens is 507 g/mol. The van der Waals surface area contributed by atoms with Crippen LogP contribution in [0.1, 0.15) is 10.4 Å². The molecule has 0 spiro atoms. The molecule has 5 aromatic rings. The second kappa shape index (κ2) is 10.1. The summed E-state index contributed by atoms with van der Waals surface area (Å²) in [6.45, 7) is 4.38. The number of hydrogen-bond acceptors (Lipinski definition) is 7. The summed E-state index contributed by atoms with van der Waals surface area (Å²) < 4.78 is 15.1. The minimum absolute atomic E-state index is 0.105. The van der Waals surface area contributed by atoms with Crippen LogP contribution < -0.4 is 5.32 Å². The summed E-state index contributed by atoms with van der Waals surface area (Å²) in [6, 6.07) is 11.9. The smallest absolute Gasteiger partial charge is 0.236 e. The Morgan fingerprint density at radius 1 is 1.23 bits per heavy atom. The standard InChI is InChI=1S/C24H18ClFN6OS2/c1-2-9-32-19-8-5-15(25)11-18(19)21-22(32)29-24(31-30-21)34-13-20(33)28-23-27-12-17(35-23)10-14-3-6-16(26)7-4-14/h2-8,11-12H,1,9-10,13H2,(H,27,28,33). The van der Waals surface area contributed by atoms with Gasteiger partial charge in [-0.1, -0.05) is 41.6 Å². The van der Waals surface area contributed by atoms with E-state index in [0.717, 1.165) is 21.3 Å². The normalized spacial score (nSPS) is 11.3. The lowest BCUT2D eigenvalue weighted by Gasteiger charge is -2.04. The number of anilines is 1. The number of benzene rings is 2. The number of carbonyl (C=O) groups is 1. The first-order valence-electron chi connectivity index (χ1n) is 10.5. The number of nitrogens with zero attached hydrogens (tertiary/aromatic N) is 5. The highest BCUT2D eigenvalue weighted by Crippen LogP contribution is 2.29. The van der Waals surface area contributed by atoms with Gasteiger partial charge in [-0.15, -0.1) is 28.1 Å². The average Bonchev–Trinajstić information content (AvgIpc) is 3.41. The molecule has 5 rings (SSSR count). The highest BCUT2D eigenvalue weighted by molar-refractivity contribution is 7.99. The predicted molar refractivity (Wildman–Crippen MR) is 139 cm³/mol. The number of nitrogens with one attached hydrogen (secondary N) is 1. The van der Waals surface area contributed by atoms with Crippen molar-refractivity contribution in [2.75, 3.05) is 11.1 Å². The van der Waals surface area contributed by atoms with Crippen molar-refractivity contribution in [2.24, 2.45) is 0 Å². The summed E-state index contributed by atoms with van der Waals surface area (Å²) in [7, 11) is 0. The Morgan fingerprint density at radius 3 is 2.86 bits per heavy atom. The van der Waals surface area contributed by atoms with Crippen LogP contribution in [-0.4, -0.2) is 36.4 Å². The lowest BCUT2D eigenvalue weighted by atomic mass is 10.1. The Hall–Kier alpha value is -3.34. The molecular formula is C24H18ClFN6OS2. The SMILES string of the molecule is C=CCn1c2ccc(Cl)cc2c2nnc(SCC(=O)Nc3ncc(Cc4ccc(F)cc4)s3)nc21. The first-order valence-corrected chi connectivity index (χ1v) is 12.7. The zero-order valence-corrected chi connectivity index (χ0v) is 20.6. The number of thiazole rings is 1. The Labute approximate surface area is 213 Å². The van der Waals surface area contributed by atoms with Crippen LogP contribution in [0.2, 0.25) is 5.02 Å². The number of amides is 1. The third-order valence-corrected chi connectivity index (χ3v) is 7.13. The summed E-state index contributed by atoms with van der Waals surface area (Å²) in [5, 5.41) is 13.7. The lowest BCUT2D eigenvalue weighted by Crippen LogP contribution is -2.14. The van der Waals surface area contributed by atoms with Gasteiger partial charge in [0.25, 0.3) is 0 Å². The summed E-state index contributed by atoms with van der Waals surface area (Å²) in [5.41, 5.74) is 3.21. The van der Waals surface area contributed by atoms with Crippen LogP contribution in [0.25, 0.3) is 22.1 Å². The van der Waals surface area contributed by atoms with Gasteiger partial charge in [-0.3, -0.25) is 4.79 Å². The maximum absolute atomic E-state index is 13.1. The fourth-order valence-corrected chi connectivity index (χ4v) is 5.24. The zero-order chi connectivity index (χ0) is 24.4. The van der Waals surface area contributed by atoms with Crippen LogP contribution in [0, 0.1) is 5.82 Å². The number of allylic oxidation sites excluding steroid dienone is 1. The van der Waals surface area contributed by atoms with Gasteiger partial charge in [-0.05, 0) is 35.9 Å². The molecule has 3 heterocycles. The van der Waals surface area contributed by atoms with E-state index in [0.29, 0.717) is 39.4 Å². The molecule has 0 unspecified atom stereocenters. The molecule has 0 saturated carbocycles. The maximum Gasteiger partial charge on any atom is 0.236 e. The van der Waals surface area contributed by atoms with Crippen molar-refractivity contribution in [3.8, 4) is 0 Å². The number of hydrogen-bond donors (Lipinski definition) is 1. The second-order valence-electron chi connectivity index (χ2n) is 7.60. The van der Waals surface area contributed by atoms with Crippen LogP contribution >= 0.6 is 34.7 Å². The van der Waals surface area contributed by atoms with Gasteiger partial charge in [-0.2, -0.15) is 0 Å². The van der Waals surface area contributed by atoms with Gasteiger partial charge in [0.1, 0.15) is 11.3 Å². The predicted octanol–water partition coefficient (Wildman–Crippen LogP) is 5.74. The molecule has 1 N–H and O–H groups in total. The topological polar surface area (TPSA) is 85.6 Å². The van der Waals surface area contributed by atoms with E-state index in [1.807, 2.05) is 22.8 Å². The van der Waals surface area contributed by atoms with Crippen LogP contribution in [0.5, 0.6) is 0 Å². The Kier molecular flexibility index (Phi) is 6.76. The summed E-state index contributed by atoms with van der Waals surface area (Å²) in [5.74, 6) is -0.388. The van der Waals surface area contributed by atoms with Gasteiger partial charge in [0.15, 0.2) is 10.8 Å². The van der Waals surface area contributed by atoms with Crippen molar-refractivity contribution in [1.82, 2.24) is 24.7 Å². The first-order chi connectivity index (χ1) is 17.0. The van der Waals surface area contributed by atoms with Gasteiger partial charge in [-0.25, -0.2) is 14.4 Å². The zero-order valence-electron chi connectivity index (χ0n) is 18.2. The molecule has 0 aliphatic carbocycles. The van der Waals surface area contributed by atoms with Gasteiger partial charge in [0.2, 0.25) is 11.1 Å². The fraction of sp³-hybridized carbons (Fsp3) is 0.125. The molecule has 0 atom stereocenters. The molecule has 2 aromatic carbocycles. The van der Waals surface area contributed by atoms with Crippen LogP contribution in [-0.2, 0) is 17.8 Å². The van der Waals surface area contributed by atoms with Crippen molar-refractivity contribution in [2.45, 2.75) is 18.1 Å². The van der Waals surface area contributed by atoms with Gasteiger partial charge in [0.05, 0.1) is 11.3 Å². The minimum atomic E-state index is -0.270. The van der Waals surface area contributed by atoms with Crippen molar-refractivity contribution in [1.29, 1.82) is 0 Å². The quantitative estimate of drug-likeness (QED) is 0.206. The molecule has 0 radical (unpaired) electrons. The molecule has 0 bridgehead atoms. The largest absolute Gasteiger partial charge is 0.320 e. The first kappa shape index (κ1) is 23.4. The second-order valence-corrected chi connectivity index (χ2v) is 10.1. The number of halogens is 2. The molecule has 0 saturated heterocycles. The minimum Gasteiger partial charge on any atom is -0.320 e. The van der Waals surface area contributed by atoms with Crippen LogP contribution in [0.15, 0.2) is 66.5 Å². The molecule has 35 heavy (non-hydrogen) atoms. The number of rotatable bonds is 8. The molecule has 176 valence electrons. The number of fused-ring (bicyclic) bond motifs is 3. The Balaban J connectivity index is 1.26. The summed E-state index contributed by atoms with van der Waals surface area (Å²) >= 11 is 8.74.